The van der Waals surface area contributed by atoms with Gasteiger partial charge in [0.15, 0.2) is 0 Å². The molecule has 2 aromatic carbocycles. The molecule has 2 fully saturated rings. The highest BCUT2D eigenvalue weighted by Crippen LogP contribution is 2.67. The molecule has 2 aliphatic rings. The lowest BCUT2D eigenvalue weighted by molar-refractivity contribution is 0.275. The quantitative estimate of drug-likeness (QED) is 0.631. The summed E-state index contributed by atoms with van der Waals surface area (Å²) in [5.74, 6) is 2.58. The van der Waals surface area contributed by atoms with Crippen LogP contribution in [0.2, 0.25) is 0 Å². The van der Waals surface area contributed by atoms with Crippen LogP contribution in [0.1, 0.15) is 51.2 Å². The molecule has 2 bridgehead atoms. The third kappa shape index (κ3) is 2.86. The molecule has 4 rings (SSSR count). The van der Waals surface area contributed by atoms with Gasteiger partial charge in [-0.1, -0.05) is 45.0 Å². The standard InChI is InChI=1S/C25H30O2/c1-24(2)19-14-15-25(3,16-19)23(24)22(17-6-10-20(26-4)11-7-17)18-8-12-21(27-5)13-9-18/h6-13,19H,14-16H2,1-5H3. The van der Waals surface area contributed by atoms with E-state index in [1.165, 1.54) is 36.0 Å². The summed E-state index contributed by atoms with van der Waals surface area (Å²) in [6.45, 7) is 7.37. The first-order valence-electron chi connectivity index (χ1n) is 9.93. The van der Waals surface area contributed by atoms with Crippen molar-refractivity contribution in [3.05, 3.63) is 65.2 Å². The van der Waals surface area contributed by atoms with Crippen LogP contribution in [0.15, 0.2) is 54.1 Å². The maximum Gasteiger partial charge on any atom is 0.118 e. The first-order chi connectivity index (χ1) is 12.9. The lowest BCUT2D eigenvalue weighted by atomic mass is 9.65. The summed E-state index contributed by atoms with van der Waals surface area (Å²) in [7, 11) is 3.44. The summed E-state index contributed by atoms with van der Waals surface area (Å²) in [5, 5.41) is 0. The summed E-state index contributed by atoms with van der Waals surface area (Å²) in [4.78, 5) is 0. The van der Waals surface area contributed by atoms with Gasteiger partial charge < -0.3 is 9.47 Å². The summed E-state index contributed by atoms with van der Waals surface area (Å²) >= 11 is 0. The molecule has 0 spiro atoms. The van der Waals surface area contributed by atoms with Crippen molar-refractivity contribution in [3.8, 4) is 11.5 Å². The summed E-state index contributed by atoms with van der Waals surface area (Å²) in [6, 6.07) is 17.1. The Kier molecular flexibility index (Phi) is 4.33. The fourth-order valence-electron chi connectivity index (χ4n) is 5.66. The van der Waals surface area contributed by atoms with Crippen LogP contribution in [-0.2, 0) is 0 Å². The molecule has 27 heavy (non-hydrogen) atoms. The highest BCUT2D eigenvalue weighted by atomic mass is 16.5. The lowest BCUT2D eigenvalue weighted by Crippen LogP contribution is -2.28. The molecule has 0 aliphatic heterocycles. The number of methoxy groups -OCH3 is 2. The van der Waals surface area contributed by atoms with Crippen LogP contribution < -0.4 is 9.47 Å². The Morgan fingerprint density at radius 1 is 0.815 bits per heavy atom. The molecule has 0 aromatic heterocycles. The van der Waals surface area contributed by atoms with E-state index in [4.69, 9.17) is 9.47 Å². The Balaban J connectivity index is 1.95. The van der Waals surface area contributed by atoms with Crippen molar-refractivity contribution in [1.82, 2.24) is 0 Å². The molecule has 2 atom stereocenters. The molecule has 2 nitrogen and oxygen atoms in total. The minimum absolute atomic E-state index is 0.224. The summed E-state index contributed by atoms with van der Waals surface area (Å²) in [5.41, 5.74) is 6.10. The van der Waals surface area contributed by atoms with E-state index in [0.29, 0.717) is 5.41 Å². The van der Waals surface area contributed by atoms with Crippen molar-refractivity contribution in [2.45, 2.75) is 40.0 Å². The van der Waals surface area contributed by atoms with E-state index in [9.17, 15) is 0 Å². The fraction of sp³-hybridized carbons (Fsp3) is 0.440. The molecule has 2 saturated carbocycles. The average Bonchev–Trinajstić information content (AvgIpc) is 3.17. The molecule has 142 valence electrons. The van der Waals surface area contributed by atoms with E-state index in [2.05, 4.69) is 69.3 Å². The van der Waals surface area contributed by atoms with Gasteiger partial charge in [0.1, 0.15) is 11.5 Å². The largest absolute Gasteiger partial charge is 0.497 e. The zero-order valence-corrected chi connectivity index (χ0v) is 17.1. The maximum atomic E-state index is 5.39. The summed E-state index contributed by atoms with van der Waals surface area (Å²) in [6.07, 6.45) is 3.96. The second kappa shape index (κ2) is 6.44. The van der Waals surface area contributed by atoms with Crippen molar-refractivity contribution in [2.24, 2.45) is 16.7 Å². The van der Waals surface area contributed by atoms with Crippen LogP contribution in [0.3, 0.4) is 0 Å². The number of benzene rings is 2. The van der Waals surface area contributed by atoms with Crippen LogP contribution in [0.4, 0.5) is 0 Å². The Labute approximate surface area is 163 Å². The number of fused-ring (bicyclic) bond motifs is 2. The van der Waals surface area contributed by atoms with Crippen molar-refractivity contribution in [2.75, 3.05) is 14.2 Å². The summed E-state index contributed by atoms with van der Waals surface area (Å²) < 4.78 is 10.8. The van der Waals surface area contributed by atoms with E-state index in [1.54, 1.807) is 19.8 Å². The zero-order valence-electron chi connectivity index (χ0n) is 17.1. The van der Waals surface area contributed by atoms with Crippen molar-refractivity contribution >= 4 is 5.57 Å². The highest BCUT2D eigenvalue weighted by Gasteiger charge is 2.56. The predicted molar refractivity (Wildman–Crippen MR) is 111 cm³/mol. The molecule has 0 amide bonds. The molecule has 0 N–H and O–H groups in total. The fourth-order valence-corrected chi connectivity index (χ4v) is 5.66. The van der Waals surface area contributed by atoms with E-state index in [-0.39, 0.29) is 5.41 Å². The van der Waals surface area contributed by atoms with E-state index in [0.717, 1.165) is 17.4 Å². The number of ether oxygens (including phenoxy) is 2. The SMILES string of the molecule is COc1ccc(C(=C2C3(C)CCC(C3)C2(C)C)c2ccc(OC)cc2)cc1. The Bertz CT molecular complexity index is 802. The zero-order chi connectivity index (χ0) is 19.2. The van der Waals surface area contributed by atoms with Gasteiger partial charge in [0.25, 0.3) is 0 Å². The molecule has 0 heterocycles. The molecule has 2 aromatic rings. The first kappa shape index (κ1) is 18.2. The number of rotatable bonds is 4. The van der Waals surface area contributed by atoms with Gasteiger partial charge in [-0.2, -0.15) is 0 Å². The van der Waals surface area contributed by atoms with Gasteiger partial charge in [0.05, 0.1) is 14.2 Å². The van der Waals surface area contributed by atoms with Crippen LogP contribution >= 0.6 is 0 Å². The smallest absolute Gasteiger partial charge is 0.118 e. The number of hydrogen-bond donors (Lipinski definition) is 0. The molecule has 0 saturated heterocycles. The third-order valence-corrected chi connectivity index (χ3v) is 7.02. The molecular formula is C25H30O2. The van der Waals surface area contributed by atoms with Gasteiger partial charge in [-0.3, -0.25) is 0 Å². The van der Waals surface area contributed by atoms with Crippen molar-refractivity contribution in [1.29, 1.82) is 0 Å². The van der Waals surface area contributed by atoms with Crippen LogP contribution in [0.5, 0.6) is 11.5 Å². The van der Waals surface area contributed by atoms with Gasteiger partial charge in [-0.15, -0.1) is 0 Å². The molecule has 2 unspecified atom stereocenters. The second-order valence-electron chi connectivity index (χ2n) is 8.93. The third-order valence-electron chi connectivity index (χ3n) is 7.02. The van der Waals surface area contributed by atoms with Gasteiger partial charge in [-0.05, 0) is 82.5 Å². The maximum absolute atomic E-state index is 5.39. The number of hydrogen-bond acceptors (Lipinski definition) is 2. The van der Waals surface area contributed by atoms with Crippen LogP contribution in [0.25, 0.3) is 5.57 Å². The van der Waals surface area contributed by atoms with Gasteiger partial charge in [0, 0.05) is 0 Å². The normalized spacial score (nSPS) is 25.5. The minimum Gasteiger partial charge on any atom is -0.497 e. The van der Waals surface area contributed by atoms with Gasteiger partial charge in [0.2, 0.25) is 0 Å². The van der Waals surface area contributed by atoms with Gasteiger partial charge >= 0.3 is 0 Å². The first-order valence-corrected chi connectivity index (χ1v) is 9.93. The Morgan fingerprint density at radius 3 is 1.67 bits per heavy atom. The van der Waals surface area contributed by atoms with Crippen LogP contribution in [-0.4, -0.2) is 14.2 Å². The Hall–Kier alpha value is -2.22. The minimum atomic E-state index is 0.224. The second-order valence-corrected chi connectivity index (χ2v) is 8.93. The van der Waals surface area contributed by atoms with Gasteiger partial charge in [-0.25, -0.2) is 0 Å². The molecular weight excluding hydrogens is 332 g/mol. The topological polar surface area (TPSA) is 18.5 Å². The predicted octanol–water partition coefficient (Wildman–Crippen LogP) is 6.35. The molecule has 2 heteroatoms. The lowest BCUT2D eigenvalue weighted by Gasteiger charge is -2.39. The molecule has 2 aliphatic carbocycles. The molecule has 0 radical (unpaired) electrons. The van der Waals surface area contributed by atoms with Crippen LogP contribution in [0, 0.1) is 16.7 Å². The monoisotopic (exact) mass is 362 g/mol. The van der Waals surface area contributed by atoms with E-state index >= 15 is 0 Å². The highest BCUT2D eigenvalue weighted by molar-refractivity contribution is 5.84. The van der Waals surface area contributed by atoms with E-state index < -0.39 is 0 Å². The number of allylic oxidation sites excluding steroid dienone is 1. The van der Waals surface area contributed by atoms with Crippen molar-refractivity contribution < 1.29 is 9.47 Å². The Morgan fingerprint density at radius 2 is 1.30 bits per heavy atom. The van der Waals surface area contributed by atoms with Crippen molar-refractivity contribution in [3.63, 3.8) is 0 Å². The van der Waals surface area contributed by atoms with E-state index in [1.807, 2.05) is 0 Å². The average molecular weight is 363 g/mol.